The molecule has 180 valence electrons. The molecule has 3 heterocycles. The Balaban J connectivity index is 1.45. The van der Waals surface area contributed by atoms with Gasteiger partial charge in [-0.15, -0.1) is 13.2 Å². The number of alkyl halides is 3. The van der Waals surface area contributed by atoms with Crippen molar-refractivity contribution in [2.24, 2.45) is 0 Å². The van der Waals surface area contributed by atoms with E-state index >= 15 is 0 Å². The number of aromatic nitrogens is 4. The van der Waals surface area contributed by atoms with Crippen LogP contribution in [0.3, 0.4) is 0 Å². The number of likely N-dealkylation sites (tertiary alicyclic amines) is 1. The minimum Gasteiger partial charge on any atom is -0.405 e. The van der Waals surface area contributed by atoms with E-state index in [1.165, 1.54) is 47.5 Å². The molecule has 0 bridgehead atoms. The van der Waals surface area contributed by atoms with E-state index in [1.807, 2.05) is 0 Å². The highest BCUT2D eigenvalue weighted by Crippen LogP contribution is 2.37. The second-order valence-electron chi connectivity index (χ2n) is 7.79. The van der Waals surface area contributed by atoms with Crippen molar-refractivity contribution in [3.63, 3.8) is 0 Å². The van der Waals surface area contributed by atoms with Gasteiger partial charge in [-0.2, -0.15) is 10.1 Å². The van der Waals surface area contributed by atoms with Gasteiger partial charge in [0, 0.05) is 18.3 Å². The van der Waals surface area contributed by atoms with Crippen molar-refractivity contribution in [1.82, 2.24) is 25.2 Å². The Bertz CT molecular complexity index is 1350. The lowest BCUT2D eigenvalue weighted by Crippen LogP contribution is -2.31. The van der Waals surface area contributed by atoms with Crippen LogP contribution in [0.4, 0.5) is 17.6 Å². The van der Waals surface area contributed by atoms with Crippen molar-refractivity contribution in [2.45, 2.75) is 25.2 Å². The lowest BCUT2D eigenvalue weighted by Gasteiger charge is -2.23. The molecule has 4 aromatic rings. The standard InChI is InChI=1S/C23H17F4N5O3/c24-15-7-3-6-14(19(15)16-10-11-28-30-16)22(33)32-12-4-8-17(32)21-29-20(31-35-21)13-5-1-2-9-18(13)34-23(25,26)27/h1-3,5-7,9-11,17H,4,8,12H2,(H,28,30). The average Bonchev–Trinajstić information content (AvgIpc) is 3.59. The van der Waals surface area contributed by atoms with Gasteiger partial charge in [0.05, 0.1) is 16.8 Å². The lowest BCUT2D eigenvalue weighted by molar-refractivity contribution is -0.274. The number of benzene rings is 2. The van der Waals surface area contributed by atoms with E-state index < -0.39 is 29.9 Å². The molecule has 1 amide bonds. The molecular formula is C23H17F4N5O3. The van der Waals surface area contributed by atoms with Gasteiger partial charge in [0.15, 0.2) is 0 Å². The molecule has 1 saturated heterocycles. The van der Waals surface area contributed by atoms with Crippen molar-refractivity contribution < 1.29 is 31.6 Å². The van der Waals surface area contributed by atoms with Gasteiger partial charge in [-0.1, -0.05) is 23.4 Å². The number of para-hydroxylation sites is 1. The summed E-state index contributed by atoms with van der Waals surface area (Å²) in [6.07, 6.45) is -2.33. The van der Waals surface area contributed by atoms with Crippen LogP contribution in [0.1, 0.15) is 35.1 Å². The number of halogens is 4. The highest BCUT2D eigenvalue weighted by Gasteiger charge is 2.37. The van der Waals surface area contributed by atoms with Crippen LogP contribution in [0.2, 0.25) is 0 Å². The highest BCUT2D eigenvalue weighted by atomic mass is 19.4. The summed E-state index contributed by atoms with van der Waals surface area (Å²) in [5.74, 6) is -1.56. The molecule has 1 N–H and O–H groups in total. The van der Waals surface area contributed by atoms with Crippen LogP contribution in [-0.2, 0) is 0 Å². The molecule has 1 aliphatic rings. The molecule has 5 rings (SSSR count). The summed E-state index contributed by atoms with van der Waals surface area (Å²) in [5.41, 5.74) is 0.556. The van der Waals surface area contributed by atoms with Crippen molar-refractivity contribution in [1.29, 1.82) is 0 Å². The van der Waals surface area contributed by atoms with Crippen molar-refractivity contribution in [2.75, 3.05) is 6.54 Å². The van der Waals surface area contributed by atoms with Crippen molar-refractivity contribution in [3.05, 3.63) is 72.0 Å². The van der Waals surface area contributed by atoms with E-state index in [9.17, 15) is 22.4 Å². The number of nitrogens with one attached hydrogen (secondary N) is 1. The summed E-state index contributed by atoms with van der Waals surface area (Å²) in [5, 5.41) is 10.3. The monoisotopic (exact) mass is 487 g/mol. The molecular weight excluding hydrogens is 470 g/mol. The predicted octanol–water partition coefficient (Wildman–Crippen LogP) is 5.14. The van der Waals surface area contributed by atoms with Gasteiger partial charge >= 0.3 is 6.36 Å². The number of carbonyl (C=O) groups is 1. The molecule has 1 atom stereocenters. The first kappa shape index (κ1) is 22.6. The molecule has 0 aliphatic carbocycles. The van der Waals surface area contributed by atoms with Gasteiger partial charge in [0.25, 0.3) is 5.91 Å². The fourth-order valence-electron chi connectivity index (χ4n) is 4.14. The Morgan fingerprint density at radius 3 is 2.74 bits per heavy atom. The van der Waals surface area contributed by atoms with Gasteiger partial charge < -0.3 is 14.2 Å². The highest BCUT2D eigenvalue weighted by molar-refractivity contribution is 6.01. The molecule has 0 spiro atoms. The van der Waals surface area contributed by atoms with Gasteiger partial charge in [-0.05, 0) is 43.2 Å². The van der Waals surface area contributed by atoms with Gasteiger partial charge in [-0.25, -0.2) is 4.39 Å². The number of nitrogens with zero attached hydrogens (tertiary/aromatic N) is 4. The maximum Gasteiger partial charge on any atom is 0.573 e. The van der Waals surface area contributed by atoms with E-state index in [1.54, 1.807) is 6.07 Å². The molecule has 1 aliphatic heterocycles. The summed E-state index contributed by atoms with van der Waals surface area (Å²) in [7, 11) is 0. The smallest absolute Gasteiger partial charge is 0.405 e. The second-order valence-corrected chi connectivity index (χ2v) is 7.79. The van der Waals surface area contributed by atoms with Crippen LogP contribution < -0.4 is 4.74 Å². The van der Waals surface area contributed by atoms with E-state index in [4.69, 9.17) is 4.52 Å². The first-order valence-corrected chi connectivity index (χ1v) is 10.6. The van der Waals surface area contributed by atoms with Gasteiger partial charge in [0.2, 0.25) is 11.7 Å². The zero-order chi connectivity index (χ0) is 24.6. The number of amides is 1. The second kappa shape index (κ2) is 8.85. The normalized spacial score (nSPS) is 16.0. The van der Waals surface area contributed by atoms with Crippen LogP contribution in [0, 0.1) is 5.82 Å². The summed E-state index contributed by atoms with van der Waals surface area (Å²) in [4.78, 5) is 19.2. The first-order valence-electron chi connectivity index (χ1n) is 10.6. The Hall–Kier alpha value is -4.22. The molecule has 35 heavy (non-hydrogen) atoms. The minimum atomic E-state index is -4.89. The van der Waals surface area contributed by atoms with Crippen molar-refractivity contribution >= 4 is 5.91 Å². The number of rotatable bonds is 5. The van der Waals surface area contributed by atoms with Crippen LogP contribution in [0.5, 0.6) is 5.75 Å². The zero-order valence-corrected chi connectivity index (χ0v) is 17.9. The molecule has 0 radical (unpaired) electrons. The molecule has 0 saturated carbocycles. The Labute approximate surface area is 195 Å². The summed E-state index contributed by atoms with van der Waals surface area (Å²) in [6, 6.07) is 10.6. The molecule has 1 unspecified atom stereocenters. The van der Waals surface area contributed by atoms with Crippen LogP contribution in [0.25, 0.3) is 22.6 Å². The van der Waals surface area contributed by atoms with E-state index in [0.717, 1.165) is 6.07 Å². The minimum absolute atomic E-state index is 0.0117. The zero-order valence-electron chi connectivity index (χ0n) is 17.9. The molecule has 2 aromatic carbocycles. The number of H-pyrrole nitrogens is 1. The summed E-state index contributed by atoms with van der Waals surface area (Å²) in [6.45, 7) is 0.355. The number of carbonyl (C=O) groups excluding carboxylic acids is 1. The lowest BCUT2D eigenvalue weighted by atomic mass is 10.0. The summed E-state index contributed by atoms with van der Waals surface area (Å²) >= 11 is 0. The molecule has 1 fully saturated rings. The number of hydrogen-bond acceptors (Lipinski definition) is 6. The fraction of sp³-hybridized carbons (Fsp3) is 0.217. The molecule has 12 heteroatoms. The van der Waals surface area contributed by atoms with Gasteiger partial charge in [-0.3, -0.25) is 9.89 Å². The van der Waals surface area contributed by atoms with Gasteiger partial charge in [0.1, 0.15) is 17.6 Å². The maximum atomic E-state index is 14.7. The Morgan fingerprint density at radius 1 is 1.14 bits per heavy atom. The van der Waals surface area contributed by atoms with E-state index in [-0.39, 0.29) is 28.4 Å². The Morgan fingerprint density at radius 2 is 1.97 bits per heavy atom. The third-order valence-corrected chi connectivity index (χ3v) is 5.61. The summed E-state index contributed by atoms with van der Waals surface area (Å²) < 4.78 is 62.5. The molecule has 8 nitrogen and oxygen atoms in total. The quantitative estimate of drug-likeness (QED) is 0.392. The van der Waals surface area contributed by atoms with Crippen molar-refractivity contribution in [3.8, 4) is 28.4 Å². The third-order valence-electron chi connectivity index (χ3n) is 5.61. The topological polar surface area (TPSA) is 97.1 Å². The van der Waals surface area contributed by atoms with Crippen LogP contribution >= 0.6 is 0 Å². The van der Waals surface area contributed by atoms with Crippen LogP contribution in [0.15, 0.2) is 59.3 Å². The first-order chi connectivity index (χ1) is 16.8. The van der Waals surface area contributed by atoms with E-state index in [0.29, 0.717) is 25.1 Å². The number of hydrogen-bond donors (Lipinski definition) is 1. The Kier molecular flexibility index (Phi) is 5.71. The number of ether oxygens (including phenoxy) is 1. The average molecular weight is 487 g/mol. The third kappa shape index (κ3) is 4.46. The predicted molar refractivity (Wildman–Crippen MR) is 113 cm³/mol. The van der Waals surface area contributed by atoms with Crippen LogP contribution in [-0.4, -0.2) is 44.1 Å². The SMILES string of the molecule is O=C(c1cccc(F)c1-c1ccn[nH]1)N1CCCC1c1nc(-c2ccccc2OC(F)(F)F)no1. The maximum absolute atomic E-state index is 14.7. The van der Waals surface area contributed by atoms with E-state index in [2.05, 4.69) is 25.1 Å². The fourth-order valence-corrected chi connectivity index (χ4v) is 4.14. The molecule has 2 aromatic heterocycles. The number of aromatic amines is 1. The largest absolute Gasteiger partial charge is 0.573 e.